The highest BCUT2D eigenvalue weighted by Gasteiger charge is 2.48. The Morgan fingerprint density at radius 1 is 1.09 bits per heavy atom. The molecule has 0 bridgehead atoms. The van der Waals surface area contributed by atoms with Gasteiger partial charge in [-0.1, -0.05) is 32.9 Å². The number of methoxy groups -OCH3 is 1. The van der Waals surface area contributed by atoms with Crippen LogP contribution in [-0.4, -0.2) is 29.0 Å². The molecule has 1 amide bonds. The molecule has 3 aromatic rings. The molecule has 34 heavy (non-hydrogen) atoms. The normalized spacial score (nSPS) is 17.9. The molecule has 1 saturated heterocycles. The molecule has 7 heteroatoms. The maximum absolute atomic E-state index is 13.3. The smallest absolute Gasteiger partial charge is 0.300 e. The van der Waals surface area contributed by atoms with Gasteiger partial charge in [-0.25, -0.2) is 0 Å². The number of Topliss-reactive ketones (excluding diaryl/α,β-unsaturated/α-hetero) is 1. The molecule has 2 N–H and O–H groups in total. The van der Waals surface area contributed by atoms with Gasteiger partial charge in [0.1, 0.15) is 23.3 Å². The molecule has 1 aromatic heterocycles. The van der Waals surface area contributed by atoms with Gasteiger partial charge in [0.05, 0.1) is 18.4 Å². The van der Waals surface area contributed by atoms with E-state index in [1.807, 2.05) is 39.1 Å². The summed E-state index contributed by atoms with van der Waals surface area (Å²) in [5, 5.41) is 23.8. The molecule has 1 fully saturated rings. The summed E-state index contributed by atoms with van der Waals surface area (Å²) in [4.78, 5) is 28.6. The topological polar surface area (TPSA) is 87.1 Å². The number of hydrogen-bond acceptors (Lipinski definition) is 6. The predicted octanol–water partition coefficient (Wildman–Crippen LogP) is 5.69. The van der Waals surface area contributed by atoms with Gasteiger partial charge < -0.3 is 14.9 Å². The molecular weight excluding hydrogens is 450 g/mol. The Kier molecular flexibility index (Phi) is 6.00. The van der Waals surface area contributed by atoms with Crippen molar-refractivity contribution in [3.8, 4) is 11.5 Å². The number of benzene rings is 2. The Morgan fingerprint density at radius 2 is 1.79 bits per heavy atom. The molecular formula is C27H27NO5S. The number of aliphatic hydroxyl groups is 1. The Balaban J connectivity index is 1.98. The maximum Gasteiger partial charge on any atom is 0.300 e. The van der Waals surface area contributed by atoms with E-state index in [4.69, 9.17) is 4.74 Å². The van der Waals surface area contributed by atoms with Gasteiger partial charge in [-0.2, -0.15) is 0 Å². The molecule has 4 rings (SSSR count). The highest BCUT2D eigenvalue weighted by molar-refractivity contribution is 7.10. The molecule has 0 spiro atoms. The number of phenolic OH excluding ortho intramolecular Hbond substituents is 1. The number of phenols is 1. The van der Waals surface area contributed by atoms with Crippen LogP contribution in [0.5, 0.6) is 11.5 Å². The van der Waals surface area contributed by atoms with Crippen molar-refractivity contribution < 1.29 is 24.5 Å². The van der Waals surface area contributed by atoms with Gasteiger partial charge in [-0.15, -0.1) is 11.3 Å². The number of nitrogens with zero attached hydrogens (tertiary/aromatic N) is 1. The molecule has 0 saturated carbocycles. The monoisotopic (exact) mass is 477 g/mol. The van der Waals surface area contributed by atoms with Crippen LogP contribution < -0.4 is 9.64 Å². The van der Waals surface area contributed by atoms with Crippen LogP contribution in [0.4, 0.5) is 5.69 Å². The predicted molar refractivity (Wildman–Crippen MR) is 134 cm³/mol. The summed E-state index contributed by atoms with van der Waals surface area (Å²) in [6.07, 6.45) is 0. The second-order valence-electron chi connectivity index (χ2n) is 9.29. The molecule has 0 radical (unpaired) electrons. The minimum Gasteiger partial charge on any atom is -0.507 e. The number of carbonyl (C=O) groups is 2. The summed E-state index contributed by atoms with van der Waals surface area (Å²) in [6.45, 7) is 7.98. The number of hydrogen-bond donors (Lipinski definition) is 2. The van der Waals surface area contributed by atoms with Crippen LogP contribution in [0.3, 0.4) is 0 Å². The lowest BCUT2D eigenvalue weighted by Gasteiger charge is -2.26. The summed E-state index contributed by atoms with van der Waals surface area (Å²) in [5.41, 5.74) is 2.08. The lowest BCUT2D eigenvalue weighted by molar-refractivity contribution is -0.132. The number of aromatic hydroxyl groups is 1. The van der Waals surface area contributed by atoms with Gasteiger partial charge in [0.2, 0.25) is 0 Å². The van der Waals surface area contributed by atoms with Gasteiger partial charge in [0.15, 0.2) is 0 Å². The molecule has 176 valence electrons. The molecule has 0 aliphatic carbocycles. The fourth-order valence-corrected chi connectivity index (χ4v) is 5.28. The molecule has 6 nitrogen and oxygen atoms in total. The second-order valence-corrected chi connectivity index (χ2v) is 10.2. The van der Waals surface area contributed by atoms with E-state index in [0.717, 1.165) is 16.0 Å². The van der Waals surface area contributed by atoms with Gasteiger partial charge in [0.25, 0.3) is 11.7 Å². The van der Waals surface area contributed by atoms with Crippen LogP contribution in [0.15, 0.2) is 59.5 Å². The summed E-state index contributed by atoms with van der Waals surface area (Å²) in [6, 6.07) is 12.6. The summed E-state index contributed by atoms with van der Waals surface area (Å²) in [7, 11) is 1.58. The number of amides is 1. The van der Waals surface area contributed by atoms with Crippen molar-refractivity contribution in [2.75, 3.05) is 12.0 Å². The van der Waals surface area contributed by atoms with E-state index in [1.54, 1.807) is 43.5 Å². The Morgan fingerprint density at radius 3 is 2.38 bits per heavy atom. The van der Waals surface area contributed by atoms with E-state index in [9.17, 15) is 19.8 Å². The van der Waals surface area contributed by atoms with E-state index in [2.05, 4.69) is 0 Å². The highest BCUT2D eigenvalue weighted by Crippen LogP contribution is 2.47. The highest BCUT2D eigenvalue weighted by atomic mass is 32.1. The molecule has 1 atom stereocenters. The SMILES string of the molecule is COc1ccc(/C(O)=C2/C(=O)C(=O)N(c3ccccc3O)C2c2sccc2C)cc1C(C)(C)C. The number of thiophene rings is 1. The largest absolute Gasteiger partial charge is 0.507 e. The molecule has 2 aromatic carbocycles. The number of aliphatic hydroxyl groups excluding tert-OH is 1. The average Bonchev–Trinajstić information content (AvgIpc) is 3.33. The van der Waals surface area contributed by atoms with Crippen LogP contribution >= 0.6 is 11.3 Å². The molecule has 1 aliphatic heterocycles. The third-order valence-corrected chi connectivity index (χ3v) is 7.09. The fourth-order valence-electron chi connectivity index (χ4n) is 4.26. The van der Waals surface area contributed by atoms with E-state index in [1.165, 1.54) is 22.3 Å². The maximum atomic E-state index is 13.3. The number of anilines is 1. The number of carbonyl (C=O) groups excluding carboxylic acids is 2. The van der Waals surface area contributed by atoms with Crippen molar-refractivity contribution in [1.82, 2.24) is 0 Å². The second kappa shape index (κ2) is 8.65. The summed E-state index contributed by atoms with van der Waals surface area (Å²) in [5.74, 6) is -1.31. The van der Waals surface area contributed by atoms with Crippen molar-refractivity contribution >= 4 is 34.5 Å². The number of ketones is 1. The third-order valence-electron chi connectivity index (χ3n) is 6.02. The first-order valence-electron chi connectivity index (χ1n) is 10.9. The number of ether oxygens (including phenoxy) is 1. The first-order valence-corrected chi connectivity index (χ1v) is 11.8. The Hall–Kier alpha value is -3.58. The number of rotatable bonds is 4. The van der Waals surface area contributed by atoms with Gasteiger partial charge in [-0.05, 0) is 59.7 Å². The lowest BCUT2D eigenvalue weighted by Crippen LogP contribution is -2.29. The quantitative estimate of drug-likeness (QED) is 0.286. The van der Waals surface area contributed by atoms with Crippen molar-refractivity contribution in [3.05, 3.63) is 81.1 Å². The van der Waals surface area contributed by atoms with Crippen molar-refractivity contribution in [2.24, 2.45) is 0 Å². The zero-order chi connectivity index (χ0) is 24.8. The zero-order valence-corrected chi connectivity index (χ0v) is 20.6. The molecule has 1 aliphatic rings. The van der Waals surface area contributed by atoms with Gasteiger partial charge in [-0.3, -0.25) is 14.5 Å². The Bertz CT molecular complexity index is 1310. The van der Waals surface area contributed by atoms with E-state index in [0.29, 0.717) is 11.3 Å². The first-order chi connectivity index (χ1) is 16.1. The van der Waals surface area contributed by atoms with Crippen LogP contribution in [0, 0.1) is 6.92 Å². The summed E-state index contributed by atoms with van der Waals surface area (Å²) < 4.78 is 5.50. The van der Waals surface area contributed by atoms with Crippen LogP contribution in [0.1, 0.15) is 48.4 Å². The van der Waals surface area contributed by atoms with Gasteiger partial charge >= 0.3 is 0 Å². The fraction of sp³-hybridized carbons (Fsp3) is 0.259. The Labute approximate surface area is 202 Å². The zero-order valence-electron chi connectivity index (χ0n) is 19.7. The lowest BCUT2D eigenvalue weighted by atomic mass is 9.84. The number of aryl methyl sites for hydroxylation is 1. The van der Waals surface area contributed by atoms with Crippen LogP contribution in [0.2, 0.25) is 0 Å². The van der Waals surface area contributed by atoms with Crippen molar-refractivity contribution in [1.29, 1.82) is 0 Å². The molecule has 2 heterocycles. The third kappa shape index (κ3) is 3.86. The van der Waals surface area contributed by atoms with Crippen molar-refractivity contribution in [2.45, 2.75) is 39.2 Å². The number of para-hydroxylation sites is 2. The standard InChI is InChI=1S/C27H27NO5S/c1-15-12-13-34-25(15)22-21(24(31)26(32)28(22)18-8-6-7-9-19(18)29)23(30)16-10-11-20(33-5)17(14-16)27(2,3)4/h6-14,22,29-30H,1-5H3/b23-21-. The summed E-state index contributed by atoms with van der Waals surface area (Å²) >= 11 is 1.39. The van der Waals surface area contributed by atoms with Gasteiger partial charge in [0, 0.05) is 16.0 Å². The average molecular weight is 478 g/mol. The van der Waals surface area contributed by atoms with Crippen molar-refractivity contribution in [3.63, 3.8) is 0 Å². The minimum absolute atomic E-state index is 0.0103. The van der Waals surface area contributed by atoms with E-state index < -0.39 is 17.7 Å². The minimum atomic E-state index is -0.867. The first kappa shape index (κ1) is 23.6. The molecule has 1 unspecified atom stereocenters. The van der Waals surface area contributed by atoms with Crippen LogP contribution in [-0.2, 0) is 15.0 Å². The van der Waals surface area contributed by atoms with E-state index >= 15 is 0 Å². The van der Waals surface area contributed by atoms with E-state index in [-0.39, 0.29) is 28.2 Å². The van der Waals surface area contributed by atoms with Crippen LogP contribution in [0.25, 0.3) is 5.76 Å².